The summed E-state index contributed by atoms with van der Waals surface area (Å²) >= 11 is 5.60. The molecule has 18 heavy (non-hydrogen) atoms. The lowest BCUT2D eigenvalue weighted by Gasteiger charge is -2.16. The average molecular weight is 272 g/mol. The molecule has 1 fully saturated rings. The molecule has 0 saturated carbocycles. The van der Waals surface area contributed by atoms with Crippen LogP contribution in [-0.4, -0.2) is 35.0 Å². The molecule has 0 aromatic heterocycles. The SMILES string of the molecule is O=C(O)[C@@H]1CCN(C(=O)c2ccc(Cl)cc2F)C1. The lowest BCUT2D eigenvalue weighted by Crippen LogP contribution is -2.30. The van der Waals surface area contributed by atoms with Gasteiger partial charge in [-0.25, -0.2) is 4.39 Å². The summed E-state index contributed by atoms with van der Waals surface area (Å²) in [5.41, 5.74) is -0.0783. The molecule has 0 radical (unpaired) electrons. The van der Waals surface area contributed by atoms with Gasteiger partial charge in [-0.3, -0.25) is 9.59 Å². The van der Waals surface area contributed by atoms with E-state index >= 15 is 0 Å². The maximum absolute atomic E-state index is 13.6. The van der Waals surface area contributed by atoms with Gasteiger partial charge in [0.25, 0.3) is 5.91 Å². The van der Waals surface area contributed by atoms with Crippen molar-refractivity contribution < 1.29 is 19.1 Å². The van der Waals surface area contributed by atoms with Crippen molar-refractivity contribution >= 4 is 23.5 Å². The zero-order valence-corrected chi connectivity index (χ0v) is 10.2. The maximum Gasteiger partial charge on any atom is 0.308 e. The fourth-order valence-corrected chi connectivity index (χ4v) is 2.14. The Kier molecular flexibility index (Phi) is 3.52. The van der Waals surface area contributed by atoms with Crippen molar-refractivity contribution in [2.75, 3.05) is 13.1 Å². The molecule has 6 heteroatoms. The lowest BCUT2D eigenvalue weighted by atomic mass is 10.1. The highest BCUT2D eigenvalue weighted by Gasteiger charge is 2.32. The summed E-state index contributed by atoms with van der Waals surface area (Å²) in [6.07, 6.45) is 0.399. The van der Waals surface area contributed by atoms with Crippen LogP contribution < -0.4 is 0 Å². The number of hydrogen-bond acceptors (Lipinski definition) is 2. The zero-order valence-electron chi connectivity index (χ0n) is 9.40. The van der Waals surface area contributed by atoms with E-state index in [-0.39, 0.29) is 17.1 Å². The van der Waals surface area contributed by atoms with Crippen LogP contribution in [0.15, 0.2) is 18.2 Å². The summed E-state index contributed by atoms with van der Waals surface area (Å²) in [6.45, 7) is 0.452. The zero-order chi connectivity index (χ0) is 13.3. The number of nitrogens with zero attached hydrogens (tertiary/aromatic N) is 1. The standard InChI is InChI=1S/C12H11ClFNO3/c13-8-1-2-9(10(14)5-8)11(16)15-4-3-7(6-15)12(17)18/h1-2,5,7H,3-4,6H2,(H,17,18)/t7-/m1/s1. The van der Waals surface area contributed by atoms with Crippen LogP contribution >= 0.6 is 11.6 Å². The van der Waals surface area contributed by atoms with E-state index in [0.717, 1.165) is 6.07 Å². The molecule has 1 aliphatic heterocycles. The largest absolute Gasteiger partial charge is 0.481 e. The number of aliphatic carboxylic acids is 1. The number of likely N-dealkylation sites (tertiary alicyclic amines) is 1. The number of rotatable bonds is 2. The van der Waals surface area contributed by atoms with Gasteiger partial charge in [0, 0.05) is 18.1 Å². The Morgan fingerprint density at radius 2 is 2.17 bits per heavy atom. The molecule has 96 valence electrons. The van der Waals surface area contributed by atoms with Gasteiger partial charge in [-0.1, -0.05) is 11.6 Å². The topological polar surface area (TPSA) is 57.6 Å². The Balaban J connectivity index is 2.15. The van der Waals surface area contributed by atoms with Crippen molar-refractivity contribution in [1.82, 2.24) is 4.90 Å². The molecule has 2 rings (SSSR count). The minimum atomic E-state index is -0.929. The lowest BCUT2D eigenvalue weighted by molar-refractivity contribution is -0.141. The Bertz CT molecular complexity index is 506. The summed E-state index contributed by atoms with van der Waals surface area (Å²) in [5.74, 6) is -2.68. The molecule has 0 spiro atoms. The predicted octanol–water partition coefficient (Wildman–Crippen LogP) is 2.03. The Hall–Kier alpha value is -1.62. The second-order valence-electron chi connectivity index (χ2n) is 4.20. The van der Waals surface area contributed by atoms with E-state index in [1.54, 1.807) is 0 Å². The molecule has 1 aromatic carbocycles. The van der Waals surface area contributed by atoms with Crippen molar-refractivity contribution in [3.05, 3.63) is 34.6 Å². The van der Waals surface area contributed by atoms with E-state index in [0.29, 0.717) is 13.0 Å². The number of benzene rings is 1. The number of halogens is 2. The molecule has 1 amide bonds. The number of carboxylic acid groups (broad SMARTS) is 1. The van der Waals surface area contributed by atoms with Crippen LogP contribution in [0.3, 0.4) is 0 Å². The van der Waals surface area contributed by atoms with Crippen molar-refractivity contribution in [2.24, 2.45) is 5.92 Å². The van der Waals surface area contributed by atoms with Gasteiger partial charge in [-0.05, 0) is 24.6 Å². The summed E-state index contributed by atoms with van der Waals surface area (Å²) in [4.78, 5) is 24.1. The molecular formula is C12H11ClFNO3. The fourth-order valence-electron chi connectivity index (χ4n) is 1.98. The summed E-state index contributed by atoms with van der Waals surface area (Å²) in [6, 6.07) is 3.82. The summed E-state index contributed by atoms with van der Waals surface area (Å²) < 4.78 is 13.6. The first-order valence-electron chi connectivity index (χ1n) is 5.46. The Morgan fingerprint density at radius 1 is 1.44 bits per heavy atom. The van der Waals surface area contributed by atoms with Crippen LogP contribution in [0, 0.1) is 11.7 Å². The van der Waals surface area contributed by atoms with Crippen molar-refractivity contribution in [3.63, 3.8) is 0 Å². The van der Waals surface area contributed by atoms with Crippen LogP contribution in [0.25, 0.3) is 0 Å². The smallest absolute Gasteiger partial charge is 0.308 e. The van der Waals surface area contributed by atoms with Crippen molar-refractivity contribution in [2.45, 2.75) is 6.42 Å². The molecule has 1 aliphatic rings. The van der Waals surface area contributed by atoms with Gasteiger partial charge in [0.2, 0.25) is 0 Å². The second kappa shape index (κ2) is 4.94. The van der Waals surface area contributed by atoms with E-state index in [4.69, 9.17) is 16.7 Å². The first-order valence-corrected chi connectivity index (χ1v) is 5.84. The van der Waals surface area contributed by atoms with Gasteiger partial charge in [0.1, 0.15) is 5.82 Å². The minimum absolute atomic E-state index is 0.0783. The molecule has 0 unspecified atom stereocenters. The first kappa shape index (κ1) is 12.8. The highest BCUT2D eigenvalue weighted by Crippen LogP contribution is 2.21. The van der Waals surface area contributed by atoms with Crippen LogP contribution in [0.2, 0.25) is 5.02 Å². The number of hydrogen-bond donors (Lipinski definition) is 1. The van der Waals surface area contributed by atoms with E-state index in [2.05, 4.69) is 0 Å². The van der Waals surface area contributed by atoms with Gasteiger partial charge in [-0.15, -0.1) is 0 Å². The van der Waals surface area contributed by atoms with E-state index in [9.17, 15) is 14.0 Å². The minimum Gasteiger partial charge on any atom is -0.481 e. The normalized spacial score (nSPS) is 19.0. The third kappa shape index (κ3) is 2.46. The third-order valence-electron chi connectivity index (χ3n) is 2.99. The summed E-state index contributed by atoms with van der Waals surface area (Å²) in [5, 5.41) is 9.06. The molecule has 1 N–H and O–H groups in total. The predicted molar refractivity (Wildman–Crippen MR) is 63.1 cm³/mol. The highest BCUT2D eigenvalue weighted by molar-refractivity contribution is 6.30. The molecule has 1 atom stereocenters. The van der Waals surface area contributed by atoms with Crippen molar-refractivity contribution in [1.29, 1.82) is 0 Å². The van der Waals surface area contributed by atoms with Gasteiger partial charge in [0.15, 0.2) is 0 Å². The van der Waals surface area contributed by atoms with Crippen LogP contribution in [-0.2, 0) is 4.79 Å². The molecule has 1 heterocycles. The second-order valence-corrected chi connectivity index (χ2v) is 4.64. The third-order valence-corrected chi connectivity index (χ3v) is 3.22. The maximum atomic E-state index is 13.6. The summed E-state index contributed by atoms with van der Waals surface area (Å²) in [7, 11) is 0. The van der Waals surface area contributed by atoms with Gasteiger partial charge >= 0.3 is 5.97 Å². The van der Waals surface area contributed by atoms with Gasteiger partial charge in [-0.2, -0.15) is 0 Å². The van der Waals surface area contributed by atoms with Crippen LogP contribution in [0.1, 0.15) is 16.8 Å². The van der Waals surface area contributed by atoms with Gasteiger partial charge in [0.05, 0.1) is 11.5 Å². The average Bonchev–Trinajstić information content (AvgIpc) is 2.77. The number of carbonyl (C=O) groups excluding carboxylic acids is 1. The number of carboxylic acids is 1. The molecule has 0 aliphatic carbocycles. The molecule has 1 aromatic rings. The monoisotopic (exact) mass is 271 g/mol. The quantitative estimate of drug-likeness (QED) is 0.895. The highest BCUT2D eigenvalue weighted by atomic mass is 35.5. The van der Waals surface area contributed by atoms with E-state index in [1.807, 2.05) is 0 Å². The van der Waals surface area contributed by atoms with E-state index < -0.39 is 23.6 Å². The molecule has 0 bridgehead atoms. The number of carbonyl (C=O) groups is 2. The van der Waals surface area contributed by atoms with Crippen LogP contribution in [0.5, 0.6) is 0 Å². The molecule has 4 nitrogen and oxygen atoms in total. The Labute approximate surface area is 108 Å². The van der Waals surface area contributed by atoms with Crippen molar-refractivity contribution in [3.8, 4) is 0 Å². The van der Waals surface area contributed by atoms with Gasteiger partial charge < -0.3 is 10.0 Å². The number of amides is 1. The molecule has 1 saturated heterocycles. The molecular weight excluding hydrogens is 261 g/mol. The van der Waals surface area contributed by atoms with E-state index in [1.165, 1.54) is 17.0 Å². The Morgan fingerprint density at radius 3 is 2.72 bits per heavy atom. The van der Waals surface area contributed by atoms with Crippen LogP contribution in [0.4, 0.5) is 4.39 Å². The fraction of sp³-hybridized carbons (Fsp3) is 0.333. The first-order chi connectivity index (χ1) is 8.49.